The van der Waals surface area contributed by atoms with E-state index in [-0.39, 0.29) is 23.8 Å². The Labute approximate surface area is 129 Å². The van der Waals surface area contributed by atoms with Gasteiger partial charge < -0.3 is 15.1 Å². The Hall–Kier alpha value is -1.10. The molecule has 1 rings (SSSR count). The van der Waals surface area contributed by atoms with Gasteiger partial charge in [0.15, 0.2) is 0 Å². The molecule has 122 valence electrons. The fraction of sp³-hybridized carbons (Fsp3) is 0.875. The van der Waals surface area contributed by atoms with E-state index in [1.165, 1.54) is 0 Å². The number of hydrogen-bond acceptors (Lipinski definition) is 3. The van der Waals surface area contributed by atoms with Crippen molar-refractivity contribution in [3.8, 4) is 0 Å². The number of amides is 2. The summed E-state index contributed by atoms with van der Waals surface area (Å²) in [4.78, 5) is 28.4. The van der Waals surface area contributed by atoms with Gasteiger partial charge in [-0.3, -0.25) is 9.59 Å². The minimum Gasteiger partial charge on any atom is -0.347 e. The van der Waals surface area contributed by atoms with Crippen LogP contribution in [0.15, 0.2) is 0 Å². The van der Waals surface area contributed by atoms with Crippen LogP contribution >= 0.6 is 0 Å². The number of rotatable bonds is 7. The maximum absolute atomic E-state index is 13.1. The standard InChI is InChI=1S/C16H31N3O2/c1-5-7-16(8-10-17-11-9-16)15(21)19(12-6-2)13-14(20)18(3)4/h17H,5-13H2,1-4H3. The quantitative estimate of drug-likeness (QED) is 0.774. The maximum Gasteiger partial charge on any atom is 0.241 e. The molecule has 0 aromatic heterocycles. The van der Waals surface area contributed by atoms with Crippen LogP contribution in [-0.2, 0) is 9.59 Å². The normalized spacial score (nSPS) is 17.3. The van der Waals surface area contributed by atoms with Crippen molar-refractivity contribution in [1.29, 1.82) is 0 Å². The van der Waals surface area contributed by atoms with Crippen LogP contribution in [0.1, 0.15) is 46.0 Å². The Morgan fingerprint density at radius 3 is 2.19 bits per heavy atom. The van der Waals surface area contributed by atoms with Gasteiger partial charge in [0.2, 0.25) is 11.8 Å². The molecule has 5 heteroatoms. The predicted octanol–water partition coefficient (Wildman–Crippen LogP) is 1.48. The van der Waals surface area contributed by atoms with Crippen molar-refractivity contribution in [1.82, 2.24) is 15.1 Å². The van der Waals surface area contributed by atoms with Crippen LogP contribution in [0.25, 0.3) is 0 Å². The average Bonchev–Trinajstić information content (AvgIpc) is 2.47. The summed E-state index contributed by atoms with van der Waals surface area (Å²) >= 11 is 0. The van der Waals surface area contributed by atoms with Crippen molar-refractivity contribution < 1.29 is 9.59 Å². The molecule has 0 radical (unpaired) electrons. The van der Waals surface area contributed by atoms with Gasteiger partial charge in [-0.25, -0.2) is 0 Å². The van der Waals surface area contributed by atoms with E-state index in [0.717, 1.165) is 45.2 Å². The van der Waals surface area contributed by atoms with Gasteiger partial charge in [-0.15, -0.1) is 0 Å². The molecule has 0 saturated carbocycles. The molecular weight excluding hydrogens is 266 g/mol. The van der Waals surface area contributed by atoms with Gasteiger partial charge in [-0.05, 0) is 38.8 Å². The van der Waals surface area contributed by atoms with E-state index in [4.69, 9.17) is 0 Å². The molecule has 1 N–H and O–H groups in total. The Morgan fingerprint density at radius 1 is 1.10 bits per heavy atom. The first-order valence-corrected chi connectivity index (χ1v) is 8.17. The highest BCUT2D eigenvalue weighted by atomic mass is 16.2. The van der Waals surface area contributed by atoms with Crippen LogP contribution in [0.4, 0.5) is 0 Å². The van der Waals surface area contributed by atoms with Gasteiger partial charge in [0.05, 0.1) is 12.0 Å². The van der Waals surface area contributed by atoms with E-state index in [9.17, 15) is 9.59 Å². The third-order valence-corrected chi connectivity index (χ3v) is 4.35. The first-order valence-electron chi connectivity index (χ1n) is 8.17. The monoisotopic (exact) mass is 297 g/mol. The first-order chi connectivity index (χ1) is 9.96. The molecule has 0 aliphatic carbocycles. The lowest BCUT2D eigenvalue weighted by Crippen LogP contribution is -2.51. The van der Waals surface area contributed by atoms with Crippen LogP contribution in [0, 0.1) is 5.41 Å². The van der Waals surface area contributed by atoms with E-state index in [2.05, 4.69) is 19.2 Å². The zero-order valence-corrected chi connectivity index (χ0v) is 14.1. The van der Waals surface area contributed by atoms with Gasteiger partial charge >= 0.3 is 0 Å². The highest BCUT2D eigenvalue weighted by Crippen LogP contribution is 2.36. The Bertz CT molecular complexity index is 344. The summed E-state index contributed by atoms with van der Waals surface area (Å²) in [6.07, 6.45) is 4.58. The number of carbonyl (C=O) groups is 2. The Kier molecular flexibility index (Phi) is 7.15. The van der Waals surface area contributed by atoms with Gasteiger partial charge in [0.1, 0.15) is 0 Å². The van der Waals surface area contributed by atoms with Gasteiger partial charge in [0.25, 0.3) is 0 Å². The molecule has 0 spiro atoms. The summed E-state index contributed by atoms with van der Waals surface area (Å²) < 4.78 is 0. The minimum absolute atomic E-state index is 0.00242. The zero-order chi connectivity index (χ0) is 15.9. The summed E-state index contributed by atoms with van der Waals surface area (Å²) in [5.74, 6) is 0.181. The highest BCUT2D eigenvalue weighted by Gasteiger charge is 2.41. The molecule has 1 saturated heterocycles. The number of nitrogens with zero attached hydrogens (tertiary/aromatic N) is 2. The molecule has 0 unspecified atom stereocenters. The van der Waals surface area contributed by atoms with Crippen LogP contribution in [-0.4, -0.2) is 61.9 Å². The molecule has 1 heterocycles. The first kappa shape index (κ1) is 18.0. The number of nitrogens with one attached hydrogen (secondary N) is 1. The molecular formula is C16H31N3O2. The molecule has 1 aliphatic heterocycles. The van der Waals surface area contributed by atoms with Gasteiger partial charge in [-0.2, -0.15) is 0 Å². The van der Waals surface area contributed by atoms with E-state index < -0.39 is 0 Å². The average molecular weight is 297 g/mol. The number of likely N-dealkylation sites (N-methyl/N-ethyl adjacent to an activating group) is 1. The van der Waals surface area contributed by atoms with Crippen molar-refractivity contribution in [3.63, 3.8) is 0 Å². The van der Waals surface area contributed by atoms with Crippen LogP contribution in [0.2, 0.25) is 0 Å². The van der Waals surface area contributed by atoms with E-state index in [0.29, 0.717) is 6.54 Å². The van der Waals surface area contributed by atoms with Crippen LogP contribution in [0.5, 0.6) is 0 Å². The number of hydrogen-bond donors (Lipinski definition) is 1. The van der Waals surface area contributed by atoms with Crippen molar-refractivity contribution in [2.24, 2.45) is 5.41 Å². The molecule has 2 amide bonds. The molecule has 0 atom stereocenters. The summed E-state index contributed by atoms with van der Waals surface area (Å²) in [6, 6.07) is 0. The van der Waals surface area contributed by atoms with Crippen LogP contribution < -0.4 is 5.32 Å². The van der Waals surface area contributed by atoms with E-state index >= 15 is 0 Å². The van der Waals surface area contributed by atoms with Gasteiger partial charge in [0, 0.05) is 20.6 Å². The molecule has 0 aromatic rings. The Morgan fingerprint density at radius 2 is 1.71 bits per heavy atom. The molecule has 0 bridgehead atoms. The molecule has 1 aliphatic rings. The summed E-state index contributed by atoms with van der Waals surface area (Å²) in [5.41, 5.74) is -0.262. The number of piperidine rings is 1. The largest absolute Gasteiger partial charge is 0.347 e. The fourth-order valence-electron chi connectivity index (χ4n) is 3.12. The summed E-state index contributed by atoms with van der Waals surface area (Å²) in [6.45, 7) is 6.85. The molecule has 0 aromatic carbocycles. The second-order valence-electron chi connectivity index (χ2n) is 6.30. The van der Waals surface area contributed by atoms with Gasteiger partial charge in [-0.1, -0.05) is 20.3 Å². The van der Waals surface area contributed by atoms with Crippen molar-refractivity contribution in [3.05, 3.63) is 0 Å². The summed E-state index contributed by atoms with van der Waals surface area (Å²) in [5, 5.41) is 3.34. The third kappa shape index (κ3) is 4.70. The second kappa shape index (κ2) is 8.37. The van der Waals surface area contributed by atoms with Crippen molar-refractivity contribution in [2.45, 2.75) is 46.0 Å². The van der Waals surface area contributed by atoms with E-state index in [1.54, 1.807) is 23.9 Å². The lowest BCUT2D eigenvalue weighted by Gasteiger charge is -2.40. The molecule has 1 fully saturated rings. The minimum atomic E-state index is -0.262. The fourth-order valence-corrected chi connectivity index (χ4v) is 3.12. The predicted molar refractivity (Wildman–Crippen MR) is 85.0 cm³/mol. The summed E-state index contributed by atoms with van der Waals surface area (Å²) in [7, 11) is 3.48. The molecule has 21 heavy (non-hydrogen) atoms. The van der Waals surface area contributed by atoms with Crippen LogP contribution in [0.3, 0.4) is 0 Å². The number of carbonyl (C=O) groups excluding carboxylic acids is 2. The zero-order valence-electron chi connectivity index (χ0n) is 14.1. The van der Waals surface area contributed by atoms with Crippen molar-refractivity contribution >= 4 is 11.8 Å². The maximum atomic E-state index is 13.1. The lowest BCUT2D eigenvalue weighted by molar-refractivity contribution is -0.148. The highest BCUT2D eigenvalue weighted by molar-refractivity contribution is 5.88. The smallest absolute Gasteiger partial charge is 0.241 e. The SMILES string of the molecule is CCCN(CC(=O)N(C)C)C(=O)C1(CCC)CCNCC1. The third-order valence-electron chi connectivity index (χ3n) is 4.35. The lowest BCUT2D eigenvalue weighted by atomic mass is 9.74. The topological polar surface area (TPSA) is 52.7 Å². The second-order valence-corrected chi connectivity index (χ2v) is 6.30. The van der Waals surface area contributed by atoms with Crippen molar-refractivity contribution in [2.75, 3.05) is 40.3 Å². The Balaban J connectivity index is 2.87. The molecule has 5 nitrogen and oxygen atoms in total. The van der Waals surface area contributed by atoms with E-state index in [1.807, 2.05) is 0 Å².